The van der Waals surface area contributed by atoms with Crippen molar-refractivity contribution in [2.75, 3.05) is 5.32 Å². The summed E-state index contributed by atoms with van der Waals surface area (Å²) >= 11 is 0.445. The lowest BCUT2D eigenvalue weighted by Gasteiger charge is -2.06. The largest absolute Gasteiger partial charge is 0.322 e. The number of halogens is 2. The number of amides is 1. The van der Waals surface area contributed by atoms with Crippen LogP contribution >= 0.6 is 11.8 Å². The first-order chi connectivity index (χ1) is 10.1. The van der Waals surface area contributed by atoms with Gasteiger partial charge in [0.15, 0.2) is 0 Å². The van der Waals surface area contributed by atoms with Crippen molar-refractivity contribution in [2.24, 2.45) is 0 Å². The molecule has 0 aliphatic carbocycles. The highest BCUT2D eigenvalue weighted by Crippen LogP contribution is 2.26. The van der Waals surface area contributed by atoms with Crippen molar-refractivity contribution in [1.29, 1.82) is 5.26 Å². The van der Waals surface area contributed by atoms with E-state index in [0.717, 1.165) is 0 Å². The zero-order valence-corrected chi connectivity index (χ0v) is 11.5. The van der Waals surface area contributed by atoms with E-state index in [1.54, 1.807) is 30.3 Å². The second-order valence-electron chi connectivity index (χ2n) is 4.05. The van der Waals surface area contributed by atoms with E-state index in [1.165, 1.54) is 18.2 Å². The third-order valence-corrected chi connectivity index (χ3v) is 3.31. The zero-order chi connectivity index (χ0) is 15.2. The fourth-order valence-corrected chi connectivity index (χ4v) is 2.15. The minimum absolute atomic E-state index is 0.360. The zero-order valence-electron chi connectivity index (χ0n) is 10.7. The fraction of sp³-hybridized carbons (Fsp3) is 0.0667. The smallest absolute Gasteiger partial charge is 0.288 e. The van der Waals surface area contributed by atoms with Gasteiger partial charge in [0.05, 0.1) is 11.6 Å². The molecule has 0 aliphatic heterocycles. The van der Waals surface area contributed by atoms with Gasteiger partial charge >= 0.3 is 0 Å². The maximum Gasteiger partial charge on any atom is 0.288 e. The van der Waals surface area contributed by atoms with Crippen molar-refractivity contribution >= 4 is 23.4 Å². The first-order valence-corrected chi connectivity index (χ1v) is 6.83. The van der Waals surface area contributed by atoms with Crippen molar-refractivity contribution < 1.29 is 13.6 Å². The van der Waals surface area contributed by atoms with E-state index in [0.29, 0.717) is 33.5 Å². The van der Waals surface area contributed by atoms with Gasteiger partial charge in [0, 0.05) is 16.1 Å². The van der Waals surface area contributed by atoms with E-state index in [1.807, 2.05) is 6.07 Å². The van der Waals surface area contributed by atoms with Crippen LogP contribution in [0.4, 0.5) is 14.5 Å². The van der Waals surface area contributed by atoms with Crippen LogP contribution in [0, 0.1) is 11.3 Å². The highest BCUT2D eigenvalue weighted by atomic mass is 32.2. The molecular formula is C15H10F2N2OS. The minimum Gasteiger partial charge on any atom is -0.322 e. The minimum atomic E-state index is -2.47. The molecule has 6 heteroatoms. The molecule has 0 heterocycles. The van der Waals surface area contributed by atoms with Crippen LogP contribution in [0.25, 0.3) is 0 Å². The van der Waals surface area contributed by atoms with Crippen LogP contribution in [-0.2, 0) is 0 Å². The van der Waals surface area contributed by atoms with E-state index in [2.05, 4.69) is 5.32 Å². The molecule has 21 heavy (non-hydrogen) atoms. The van der Waals surface area contributed by atoms with Crippen LogP contribution < -0.4 is 5.32 Å². The predicted molar refractivity (Wildman–Crippen MR) is 77.4 cm³/mol. The molecule has 1 N–H and O–H groups in total. The van der Waals surface area contributed by atoms with Crippen molar-refractivity contribution in [2.45, 2.75) is 10.7 Å². The van der Waals surface area contributed by atoms with Crippen molar-refractivity contribution in [1.82, 2.24) is 0 Å². The first-order valence-electron chi connectivity index (χ1n) is 5.95. The molecule has 0 bridgehead atoms. The van der Waals surface area contributed by atoms with E-state index >= 15 is 0 Å². The number of benzene rings is 2. The summed E-state index contributed by atoms with van der Waals surface area (Å²) in [6.45, 7) is 0. The van der Waals surface area contributed by atoms with E-state index in [4.69, 9.17) is 5.26 Å². The average molecular weight is 304 g/mol. The van der Waals surface area contributed by atoms with Gasteiger partial charge in [-0.3, -0.25) is 4.79 Å². The summed E-state index contributed by atoms with van der Waals surface area (Å²) in [5.41, 5.74) is 1.26. The second-order valence-corrected chi connectivity index (χ2v) is 5.11. The average Bonchev–Trinajstić information content (AvgIpc) is 2.49. The van der Waals surface area contributed by atoms with Gasteiger partial charge in [-0.2, -0.15) is 14.0 Å². The maximum atomic E-state index is 12.2. The van der Waals surface area contributed by atoms with E-state index in [9.17, 15) is 13.6 Å². The first kappa shape index (κ1) is 15.0. The molecule has 2 aromatic carbocycles. The molecule has 3 nitrogen and oxygen atoms in total. The summed E-state index contributed by atoms with van der Waals surface area (Å²) in [4.78, 5) is 12.4. The molecular weight excluding hydrogens is 294 g/mol. The Balaban J connectivity index is 2.07. The number of hydrogen-bond acceptors (Lipinski definition) is 3. The summed E-state index contributed by atoms with van der Waals surface area (Å²) in [5, 5.41) is 11.4. The number of nitrogens with zero attached hydrogens (tertiary/aromatic N) is 1. The topological polar surface area (TPSA) is 52.9 Å². The molecule has 0 atom stereocenters. The van der Waals surface area contributed by atoms with Crippen molar-refractivity contribution in [3.8, 4) is 6.07 Å². The van der Waals surface area contributed by atoms with Gasteiger partial charge in [0.2, 0.25) is 0 Å². The van der Waals surface area contributed by atoms with Crippen LogP contribution in [0.3, 0.4) is 0 Å². The molecule has 0 unspecified atom stereocenters. The summed E-state index contributed by atoms with van der Waals surface area (Å²) in [5.74, 6) is -2.83. The molecule has 0 aliphatic rings. The number of hydrogen-bond donors (Lipinski definition) is 1. The van der Waals surface area contributed by atoms with Gasteiger partial charge in [-0.05, 0) is 42.5 Å². The maximum absolute atomic E-state index is 12.2. The Morgan fingerprint density at radius 3 is 2.52 bits per heavy atom. The predicted octanol–water partition coefficient (Wildman–Crippen LogP) is 4.13. The van der Waals surface area contributed by atoms with Crippen LogP contribution in [0.2, 0.25) is 0 Å². The number of nitriles is 1. The Morgan fingerprint density at radius 2 is 1.90 bits per heavy atom. The Bertz CT molecular complexity index is 681. The Labute approximate surface area is 124 Å². The van der Waals surface area contributed by atoms with Crippen LogP contribution in [0.15, 0.2) is 53.4 Å². The summed E-state index contributed by atoms with van der Waals surface area (Å²) < 4.78 is 24.4. The molecule has 0 saturated heterocycles. The number of carbonyl (C=O) groups excluding carboxylic acids is 1. The quantitative estimate of drug-likeness (QED) is 0.864. The molecule has 0 radical (unpaired) electrons. The summed E-state index contributed by atoms with van der Waals surface area (Å²) in [6.07, 6.45) is 0. The second kappa shape index (κ2) is 6.86. The molecule has 2 aromatic rings. The SMILES string of the molecule is N#Cc1cccc(C(=O)Nc2ccc(SC(F)F)cc2)c1. The molecule has 1 amide bonds. The van der Waals surface area contributed by atoms with E-state index in [-0.39, 0.29) is 5.91 Å². The lowest BCUT2D eigenvalue weighted by Crippen LogP contribution is -2.11. The molecule has 0 saturated carbocycles. The summed E-state index contributed by atoms with van der Waals surface area (Å²) in [6, 6.07) is 14.4. The fourth-order valence-electron chi connectivity index (χ4n) is 1.65. The molecule has 0 spiro atoms. The molecule has 0 aromatic heterocycles. The van der Waals surface area contributed by atoms with Crippen LogP contribution in [-0.4, -0.2) is 11.7 Å². The monoisotopic (exact) mass is 304 g/mol. The third-order valence-electron chi connectivity index (χ3n) is 2.59. The lowest BCUT2D eigenvalue weighted by molar-refractivity contribution is 0.102. The van der Waals surface area contributed by atoms with E-state index < -0.39 is 5.76 Å². The van der Waals surface area contributed by atoms with Gasteiger partial charge in [0.25, 0.3) is 11.7 Å². The third kappa shape index (κ3) is 4.29. The highest BCUT2D eigenvalue weighted by molar-refractivity contribution is 7.99. The lowest BCUT2D eigenvalue weighted by atomic mass is 10.1. The van der Waals surface area contributed by atoms with Crippen molar-refractivity contribution in [3.63, 3.8) is 0 Å². The van der Waals surface area contributed by atoms with Crippen LogP contribution in [0.5, 0.6) is 0 Å². The van der Waals surface area contributed by atoms with Gasteiger partial charge in [-0.15, -0.1) is 0 Å². The Hall–Kier alpha value is -2.39. The molecule has 106 valence electrons. The number of carbonyl (C=O) groups is 1. The Morgan fingerprint density at radius 1 is 1.19 bits per heavy atom. The number of nitrogens with one attached hydrogen (secondary N) is 1. The standard InChI is InChI=1S/C15H10F2N2OS/c16-15(17)21-13-6-4-12(5-7-13)19-14(20)11-3-1-2-10(8-11)9-18/h1-8,15H,(H,19,20). The normalized spacial score (nSPS) is 10.2. The number of alkyl halides is 2. The number of thioether (sulfide) groups is 1. The van der Waals surface area contributed by atoms with Gasteiger partial charge in [-0.25, -0.2) is 0 Å². The summed E-state index contributed by atoms with van der Waals surface area (Å²) in [7, 11) is 0. The van der Waals surface area contributed by atoms with Gasteiger partial charge in [0.1, 0.15) is 0 Å². The number of anilines is 1. The van der Waals surface area contributed by atoms with Crippen LogP contribution in [0.1, 0.15) is 15.9 Å². The highest BCUT2D eigenvalue weighted by Gasteiger charge is 2.08. The molecule has 2 rings (SSSR count). The van der Waals surface area contributed by atoms with Gasteiger partial charge in [-0.1, -0.05) is 17.8 Å². The molecule has 0 fully saturated rings. The van der Waals surface area contributed by atoms with Crippen molar-refractivity contribution in [3.05, 3.63) is 59.7 Å². The Kier molecular flexibility index (Phi) is 4.90. The number of rotatable bonds is 4. The van der Waals surface area contributed by atoms with Gasteiger partial charge < -0.3 is 5.32 Å².